The average Bonchev–Trinajstić information content (AvgIpc) is 2.67. The Bertz CT molecular complexity index is 956. The number of carbonyl (C=O) groups is 2. The third-order valence-electron chi connectivity index (χ3n) is 6.46. The lowest BCUT2D eigenvalue weighted by atomic mass is 9.62. The van der Waals surface area contributed by atoms with Crippen molar-refractivity contribution in [1.82, 2.24) is 5.32 Å². The maximum absolute atomic E-state index is 13.3. The Labute approximate surface area is 164 Å². The third kappa shape index (κ3) is 2.60. The van der Waals surface area contributed by atoms with Gasteiger partial charge >= 0.3 is 0 Å². The summed E-state index contributed by atoms with van der Waals surface area (Å²) in [6, 6.07) is 15.5. The van der Waals surface area contributed by atoms with Crippen LogP contribution in [0.5, 0.6) is 5.75 Å². The van der Waals surface area contributed by atoms with E-state index < -0.39 is 11.6 Å². The lowest BCUT2D eigenvalue weighted by Gasteiger charge is -2.55. The second-order valence-corrected chi connectivity index (χ2v) is 8.23. The molecule has 144 valence electrons. The average molecular weight is 376 g/mol. The molecule has 1 saturated carbocycles. The first kappa shape index (κ1) is 17.3. The van der Waals surface area contributed by atoms with Gasteiger partial charge in [-0.15, -0.1) is 0 Å². The highest BCUT2D eigenvalue weighted by Gasteiger charge is 2.60. The van der Waals surface area contributed by atoms with Gasteiger partial charge in [-0.25, -0.2) is 0 Å². The van der Waals surface area contributed by atoms with Gasteiger partial charge in [0.05, 0.1) is 0 Å². The molecule has 5 heteroatoms. The Kier molecular flexibility index (Phi) is 3.93. The molecule has 4 atom stereocenters. The normalized spacial score (nSPS) is 30.3. The van der Waals surface area contributed by atoms with Crippen molar-refractivity contribution in [3.8, 4) is 5.75 Å². The van der Waals surface area contributed by atoms with Gasteiger partial charge in [0.2, 0.25) is 11.8 Å². The topological polar surface area (TPSA) is 67.4 Å². The summed E-state index contributed by atoms with van der Waals surface area (Å²) in [5, 5.41) is 6.08. The monoisotopic (exact) mass is 376 g/mol. The summed E-state index contributed by atoms with van der Waals surface area (Å²) in [4.78, 5) is 26.4. The molecule has 1 aliphatic carbocycles. The Hall–Kier alpha value is -2.82. The molecule has 0 radical (unpaired) electrons. The Morgan fingerprint density at radius 1 is 1.18 bits per heavy atom. The quantitative estimate of drug-likeness (QED) is 0.785. The van der Waals surface area contributed by atoms with Crippen molar-refractivity contribution >= 4 is 17.5 Å². The first-order valence-corrected chi connectivity index (χ1v) is 10.0. The Morgan fingerprint density at radius 3 is 2.89 bits per heavy atom. The van der Waals surface area contributed by atoms with Crippen LogP contribution in [0, 0.1) is 18.8 Å². The van der Waals surface area contributed by atoms with E-state index in [1.807, 2.05) is 55.5 Å². The van der Waals surface area contributed by atoms with Crippen LogP contribution in [0.4, 0.5) is 5.69 Å². The zero-order valence-electron chi connectivity index (χ0n) is 15.9. The van der Waals surface area contributed by atoms with Crippen molar-refractivity contribution < 1.29 is 14.3 Å². The highest BCUT2D eigenvalue weighted by molar-refractivity contribution is 6.08. The van der Waals surface area contributed by atoms with Crippen molar-refractivity contribution in [2.45, 2.75) is 44.2 Å². The number of nitrogens with one attached hydrogen (secondary N) is 2. The van der Waals surface area contributed by atoms with E-state index >= 15 is 0 Å². The van der Waals surface area contributed by atoms with Crippen LogP contribution in [0.3, 0.4) is 0 Å². The lowest BCUT2D eigenvalue weighted by molar-refractivity contribution is -0.160. The van der Waals surface area contributed by atoms with Crippen LogP contribution < -0.4 is 15.4 Å². The number of ether oxygens (including phenoxy) is 1. The van der Waals surface area contributed by atoms with Crippen LogP contribution in [-0.2, 0) is 9.59 Å². The largest absolute Gasteiger partial charge is 0.467 e. The fourth-order valence-corrected chi connectivity index (χ4v) is 5.30. The fourth-order valence-electron chi connectivity index (χ4n) is 5.30. The molecule has 2 N–H and O–H groups in total. The summed E-state index contributed by atoms with van der Waals surface area (Å²) in [6.07, 6.45) is 3.86. The molecule has 2 heterocycles. The third-order valence-corrected chi connectivity index (χ3v) is 6.46. The highest BCUT2D eigenvalue weighted by Crippen LogP contribution is 2.55. The molecule has 3 aliphatic rings. The number of hydrogen-bond acceptors (Lipinski definition) is 3. The molecule has 2 aliphatic heterocycles. The van der Waals surface area contributed by atoms with Crippen molar-refractivity contribution in [2.75, 3.05) is 5.32 Å². The predicted molar refractivity (Wildman–Crippen MR) is 106 cm³/mol. The molecule has 2 aromatic carbocycles. The van der Waals surface area contributed by atoms with E-state index in [1.165, 1.54) is 0 Å². The van der Waals surface area contributed by atoms with Gasteiger partial charge in [0.15, 0.2) is 5.72 Å². The second kappa shape index (κ2) is 6.36. The van der Waals surface area contributed by atoms with Gasteiger partial charge in [0.1, 0.15) is 11.7 Å². The van der Waals surface area contributed by atoms with E-state index in [4.69, 9.17) is 4.74 Å². The van der Waals surface area contributed by atoms with Crippen LogP contribution in [0.15, 0.2) is 48.5 Å². The first-order valence-electron chi connectivity index (χ1n) is 10.0. The molecule has 5 rings (SSSR count). The molecule has 1 saturated heterocycles. The van der Waals surface area contributed by atoms with Gasteiger partial charge < -0.3 is 15.4 Å². The molecule has 5 nitrogen and oxygen atoms in total. The van der Waals surface area contributed by atoms with Crippen LogP contribution in [0.1, 0.15) is 42.7 Å². The van der Waals surface area contributed by atoms with E-state index in [9.17, 15) is 9.59 Å². The van der Waals surface area contributed by atoms with Gasteiger partial charge in [-0.05, 0) is 49.1 Å². The minimum absolute atomic E-state index is 0.113. The molecule has 0 spiro atoms. The van der Waals surface area contributed by atoms with Crippen LogP contribution in [-0.4, -0.2) is 17.5 Å². The van der Waals surface area contributed by atoms with Gasteiger partial charge in [-0.3, -0.25) is 9.59 Å². The minimum atomic E-state index is -0.762. The van der Waals surface area contributed by atoms with Crippen LogP contribution in [0.25, 0.3) is 0 Å². The van der Waals surface area contributed by atoms with Gasteiger partial charge in [-0.2, -0.15) is 0 Å². The molecule has 28 heavy (non-hydrogen) atoms. The van der Waals surface area contributed by atoms with Crippen LogP contribution in [0.2, 0.25) is 0 Å². The maximum Gasteiger partial charge on any atom is 0.237 e. The number of aryl methyl sites for hydroxylation is 1. The fraction of sp³-hybridized carbons (Fsp3) is 0.391. The number of piperidine rings is 1. The van der Waals surface area contributed by atoms with E-state index in [2.05, 4.69) is 10.6 Å². The summed E-state index contributed by atoms with van der Waals surface area (Å²) in [5.41, 5.74) is 2.09. The minimum Gasteiger partial charge on any atom is -0.467 e. The molecule has 0 aromatic heterocycles. The smallest absolute Gasteiger partial charge is 0.237 e. The van der Waals surface area contributed by atoms with Crippen molar-refractivity contribution in [3.05, 3.63) is 59.7 Å². The summed E-state index contributed by atoms with van der Waals surface area (Å²) < 4.78 is 6.36. The SMILES string of the molecule is Cc1cccc(NC(=O)[C@@H]2C(=O)N[C@]34CCCC[C@H]3[C@H]2c2ccccc2O4)c1. The van der Waals surface area contributed by atoms with Gasteiger partial charge in [0.25, 0.3) is 0 Å². The molecule has 2 amide bonds. The van der Waals surface area contributed by atoms with E-state index in [1.54, 1.807) is 0 Å². The summed E-state index contributed by atoms with van der Waals surface area (Å²) in [6.45, 7) is 1.98. The number of carbonyl (C=O) groups excluding carboxylic acids is 2. The maximum atomic E-state index is 13.3. The number of para-hydroxylation sites is 1. The predicted octanol–water partition coefficient (Wildman–Crippen LogP) is 3.74. The second-order valence-electron chi connectivity index (χ2n) is 8.23. The van der Waals surface area contributed by atoms with Crippen molar-refractivity contribution in [1.29, 1.82) is 0 Å². The van der Waals surface area contributed by atoms with Gasteiger partial charge in [0, 0.05) is 23.9 Å². The highest BCUT2D eigenvalue weighted by atomic mass is 16.5. The lowest BCUT2D eigenvalue weighted by Crippen LogP contribution is -2.69. The molecule has 2 fully saturated rings. The summed E-state index contributed by atoms with van der Waals surface area (Å²) >= 11 is 0. The van der Waals surface area contributed by atoms with E-state index in [0.717, 1.165) is 48.2 Å². The Balaban J connectivity index is 1.55. The standard InChI is InChI=1S/C23H24N2O3/c1-14-7-6-8-15(13-14)24-21(26)20-19-16-9-2-3-11-18(16)28-23(25-22(20)27)12-5-4-10-17(19)23/h2-3,6-9,11,13,17,19-20H,4-5,10,12H2,1H3,(H,24,26)(H,25,27)/t17-,19+,20+,23-/m0/s1. The molecule has 0 unspecified atom stereocenters. The molecule has 2 aromatic rings. The van der Waals surface area contributed by atoms with Crippen molar-refractivity contribution in [3.63, 3.8) is 0 Å². The number of benzene rings is 2. The number of anilines is 1. The number of amides is 2. The molecule has 2 bridgehead atoms. The zero-order chi connectivity index (χ0) is 19.3. The van der Waals surface area contributed by atoms with E-state index in [-0.39, 0.29) is 23.7 Å². The van der Waals surface area contributed by atoms with Crippen LogP contribution >= 0.6 is 0 Å². The Morgan fingerprint density at radius 2 is 2.04 bits per heavy atom. The van der Waals surface area contributed by atoms with Gasteiger partial charge in [-0.1, -0.05) is 36.8 Å². The van der Waals surface area contributed by atoms with Crippen molar-refractivity contribution in [2.24, 2.45) is 11.8 Å². The first-order chi connectivity index (χ1) is 13.6. The summed E-state index contributed by atoms with van der Waals surface area (Å²) in [5.74, 6) is -0.501. The summed E-state index contributed by atoms with van der Waals surface area (Å²) in [7, 11) is 0. The number of hydrogen-bond donors (Lipinski definition) is 2. The van der Waals surface area contributed by atoms with E-state index in [0.29, 0.717) is 0 Å². The molecular formula is C23H24N2O3. The molecular weight excluding hydrogens is 352 g/mol. The number of fused-ring (bicyclic) bond motifs is 2. The number of rotatable bonds is 2. The zero-order valence-corrected chi connectivity index (χ0v) is 15.9.